The van der Waals surface area contributed by atoms with E-state index in [9.17, 15) is 14.3 Å². The van der Waals surface area contributed by atoms with Gasteiger partial charge in [-0.05, 0) is 41.0 Å². The first-order valence-corrected chi connectivity index (χ1v) is 9.56. The van der Waals surface area contributed by atoms with Crippen LogP contribution < -0.4 is 4.90 Å². The molecule has 0 radical (unpaired) electrons. The quantitative estimate of drug-likeness (QED) is 0.727. The summed E-state index contributed by atoms with van der Waals surface area (Å²) in [7, 11) is 3.85. The summed E-state index contributed by atoms with van der Waals surface area (Å²) < 4.78 is 14.5. The SMILES string of the molecule is CN(C)c1ccccc1-c1cc(F)cc(C(=O)N2Cc3ccccc3C(O)C2)c1. The first-order chi connectivity index (χ1) is 13.9. The number of fused-ring (bicyclic) bond motifs is 1. The number of aliphatic hydroxyl groups excluding tert-OH is 1. The van der Waals surface area contributed by atoms with Crippen LogP contribution in [-0.2, 0) is 6.54 Å². The van der Waals surface area contributed by atoms with Crippen molar-refractivity contribution in [2.75, 3.05) is 25.5 Å². The zero-order valence-corrected chi connectivity index (χ0v) is 16.5. The Balaban J connectivity index is 1.69. The maximum absolute atomic E-state index is 14.5. The third-order valence-electron chi connectivity index (χ3n) is 5.30. The van der Waals surface area contributed by atoms with Gasteiger partial charge in [-0.2, -0.15) is 0 Å². The summed E-state index contributed by atoms with van der Waals surface area (Å²) in [5, 5.41) is 10.4. The number of β-amino-alcohol motifs (C(OH)–C–C–N with tert-alkyl or cyclic N) is 1. The van der Waals surface area contributed by atoms with E-state index in [1.165, 1.54) is 12.1 Å². The van der Waals surface area contributed by atoms with Crippen LogP contribution in [0.3, 0.4) is 0 Å². The summed E-state index contributed by atoms with van der Waals surface area (Å²) in [6.45, 7) is 0.585. The van der Waals surface area contributed by atoms with Crippen molar-refractivity contribution < 1.29 is 14.3 Å². The minimum absolute atomic E-state index is 0.190. The van der Waals surface area contributed by atoms with E-state index in [0.717, 1.165) is 22.4 Å². The third kappa shape index (κ3) is 3.74. The minimum Gasteiger partial charge on any atom is -0.387 e. The lowest BCUT2D eigenvalue weighted by molar-refractivity contribution is 0.0549. The zero-order valence-electron chi connectivity index (χ0n) is 16.5. The fourth-order valence-electron chi connectivity index (χ4n) is 3.89. The molecule has 0 saturated heterocycles. The van der Waals surface area contributed by atoms with Gasteiger partial charge in [-0.1, -0.05) is 42.5 Å². The lowest BCUT2D eigenvalue weighted by Crippen LogP contribution is -2.38. The van der Waals surface area contributed by atoms with Crippen LogP contribution in [0.15, 0.2) is 66.7 Å². The fourth-order valence-corrected chi connectivity index (χ4v) is 3.89. The Kier molecular flexibility index (Phi) is 5.07. The molecule has 0 aliphatic carbocycles. The average molecular weight is 390 g/mol. The van der Waals surface area contributed by atoms with Crippen LogP contribution >= 0.6 is 0 Å². The summed E-state index contributed by atoms with van der Waals surface area (Å²) in [4.78, 5) is 16.7. The summed E-state index contributed by atoms with van der Waals surface area (Å²) in [5.41, 5.74) is 4.48. The number of nitrogens with zero attached hydrogens (tertiary/aromatic N) is 2. The van der Waals surface area contributed by atoms with Crippen molar-refractivity contribution in [3.05, 3.63) is 89.2 Å². The van der Waals surface area contributed by atoms with Gasteiger partial charge < -0.3 is 14.9 Å². The standard InChI is InChI=1S/C24H23FN2O2/c1-26(2)22-10-6-5-8-20(22)17-11-18(13-19(25)12-17)24(29)27-14-16-7-3-4-9-21(16)23(28)15-27/h3-13,23,28H,14-15H2,1-2H3. The lowest BCUT2D eigenvalue weighted by Gasteiger charge is -2.32. The predicted octanol–water partition coefficient (Wildman–Crippen LogP) is 4.25. The number of benzene rings is 3. The van der Waals surface area contributed by atoms with E-state index in [-0.39, 0.29) is 18.0 Å². The van der Waals surface area contributed by atoms with Crippen LogP contribution in [0, 0.1) is 5.82 Å². The van der Waals surface area contributed by atoms with Gasteiger partial charge in [-0.3, -0.25) is 4.79 Å². The molecular weight excluding hydrogens is 367 g/mol. The van der Waals surface area contributed by atoms with Gasteiger partial charge >= 0.3 is 0 Å². The molecule has 0 saturated carbocycles. The molecule has 29 heavy (non-hydrogen) atoms. The average Bonchev–Trinajstić information content (AvgIpc) is 2.72. The maximum Gasteiger partial charge on any atom is 0.254 e. The number of amides is 1. The summed E-state index contributed by atoms with van der Waals surface area (Å²) >= 11 is 0. The number of anilines is 1. The Morgan fingerprint density at radius 1 is 1.07 bits per heavy atom. The van der Waals surface area contributed by atoms with E-state index in [4.69, 9.17) is 0 Å². The van der Waals surface area contributed by atoms with Crippen molar-refractivity contribution in [2.45, 2.75) is 12.6 Å². The van der Waals surface area contributed by atoms with Crippen LogP contribution in [-0.4, -0.2) is 36.6 Å². The number of hydrogen-bond donors (Lipinski definition) is 1. The van der Waals surface area contributed by atoms with Crippen LogP contribution in [0.1, 0.15) is 27.6 Å². The van der Waals surface area contributed by atoms with Gasteiger partial charge in [0.15, 0.2) is 0 Å². The fraction of sp³-hybridized carbons (Fsp3) is 0.208. The van der Waals surface area contributed by atoms with Gasteiger partial charge in [-0.25, -0.2) is 4.39 Å². The Bertz CT molecular complexity index is 1060. The summed E-state index contributed by atoms with van der Waals surface area (Å²) in [6, 6.07) is 19.7. The Morgan fingerprint density at radius 3 is 2.59 bits per heavy atom. The molecular formula is C24H23FN2O2. The Morgan fingerprint density at radius 2 is 1.79 bits per heavy atom. The molecule has 1 amide bonds. The highest BCUT2D eigenvalue weighted by Gasteiger charge is 2.27. The van der Waals surface area contributed by atoms with E-state index in [0.29, 0.717) is 12.1 Å². The number of halogens is 1. The second-order valence-corrected chi connectivity index (χ2v) is 7.54. The van der Waals surface area contributed by atoms with Crippen molar-refractivity contribution in [3.63, 3.8) is 0 Å². The molecule has 4 nitrogen and oxygen atoms in total. The number of carbonyl (C=O) groups excluding carboxylic acids is 1. The van der Waals surface area contributed by atoms with Gasteiger partial charge in [0.25, 0.3) is 5.91 Å². The normalized spacial score (nSPS) is 15.7. The minimum atomic E-state index is -0.744. The van der Waals surface area contributed by atoms with E-state index < -0.39 is 11.9 Å². The van der Waals surface area contributed by atoms with Crippen molar-refractivity contribution in [1.29, 1.82) is 0 Å². The zero-order chi connectivity index (χ0) is 20.5. The molecule has 1 aliphatic heterocycles. The van der Waals surface area contributed by atoms with E-state index in [1.807, 2.05) is 67.5 Å². The highest BCUT2D eigenvalue weighted by atomic mass is 19.1. The largest absolute Gasteiger partial charge is 0.387 e. The van der Waals surface area contributed by atoms with E-state index >= 15 is 0 Å². The molecule has 1 unspecified atom stereocenters. The molecule has 1 atom stereocenters. The topological polar surface area (TPSA) is 43.8 Å². The number of para-hydroxylation sites is 1. The van der Waals surface area contributed by atoms with Crippen LogP contribution in [0.2, 0.25) is 0 Å². The van der Waals surface area contributed by atoms with Crippen LogP contribution in [0.5, 0.6) is 0 Å². The molecule has 1 heterocycles. The Labute approximate surface area is 169 Å². The van der Waals surface area contributed by atoms with E-state index in [2.05, 4.69) is 0 Å². The van der Waals surface area contributed by atoms with E-state index in [1.54, 1.807) is 11.0 Å². The molecule has 3 aromatic carbocycles. The Hall–Kier alpha value is -3.18. The molecule has 0 aromatic heterocycles. The van der Waals surface area contributed by atoms with Gasteiger partial charge in [0.05, 0.1) is 12.6 Å². The third-order valence-corrected chi connectivity index (χ3v) is 5.30. The monoisotopic (exact) mass is 390 g/mol. The smallest absolute Gasteiger partial charge is 0.254 e. The van der Waals surface area contributed by atoms with Crippen molar-refractivity contribution in [3.8, 4) is 11.1 Å². The number of rotatable bonds is 3. The summed E-state index contributed by atoms with van der Waals surface area (Å²) in [6.07, 6.45) is -0.744. The van der Waals surface area contributed by atoms with Gasteiger partial charge in [-0.15, -0.1) is 0 Å². The molecule has 3 aromatic rings. The molecule has 4 rings (SSSR count). The highest BCUT2D eigenvalue weighted by Crippen LogP contribution is 2.32. The van der Waals surface area contributed by atoms with Crippen LogP contribution in [0.25, 0.3) is 11.1 Å². The van der Waals surface area contributed by atoms with Crippen molar-refractivity contribution in [1.82, 2.24) is 4.90 Å². The number of carbonyl (C=O) groups is 1. The van der Waals surface area contributed by atoms with Crippen LogP contribution in [0.4, 0.5) is 10.1 Å². The first-order valence-electron chi connectivity index (χ1n) is 9.56. The molecule has 148 valence electrons. The molecule has 0 spiro atoms. The lowest BCUT2D eigenvalue weighted by atomic mass is 9.96. The second kappa shape index (κ2) is 7.68. The van der Waals surface area contributed by atoms with Crippen molar-refractivity contribution in [2.24, 2.45) is 0 Å². The highest BCUT2D eigenvalue weighted by molar-refractivity contribution is 5.96. The molecule has 1 aliphatic rings. The number of hydrogen-bond acceptors (Lipinski definition) is 3. The maximum atomic E-state index is 14.5. The van der Waals surface area contributed by atoms with Crippen molar-refractivity contribution >= 4 is 11.6 Å². The molecule has 5 heteroatoms. The molecule has 0 fully saturated rings. The predicted molar refractivity (Wildman–Crippen MR) is 112 cm³/mol. The number of aliphatic hydroxyl groups is 1. The second-order valence-electron chi connectivity index (χ2n) is 7.54. The van der Waals surface area contributed by atoms with Gasteiger partial charge in [0.2, 0.25) is 0 Å². The summed E-state index contributed by atoms with van der Waals surface area (Å²) in [5.74, 6) is -0.751. The first kappa shape index (κ1) is 19.2. The molecule has 0 bridgehead atoms. The van der Waals surface area contributed by atoms with Gasteiger partial charge in [0, 0.05) is 37.5 Å². The van der Waals surface area contributed by atoms with Gasteiger partial charge in [0.1, 0.15) is 5.82 Å². The molecule has 1 N–H and O–H groups in total.